The molecule has 0 saturated heterocycles. The third kappa shape index (κ3) is 5.73. The van der Waals surface area contributed by atoms with Gasteiger partial charge in [-0.25, -0.2) is 9.97 Å². The van der Waals surface area contributed by atoms with Gasteiger partial charge in [-0.15, -0.1) is 0 Å². The molecule has 0 bridgehead atoms. The van der Waals surface area contributed by atoms with Crippen LogP contribution in [0.25, 0.3) is 22.3 Å². The van der Waals surface area contributed by atoms with Crippen molar-refractivity contribution < 1.29 is 9.59 Å². The highest BCUT2D eigenvalue weighted by Gasteiger charge is 2.35. The van der Waals surface area contributed by atoms with Crippen LogP contribution in [0.3, 0.4) is 0 Å². The van der Waals surface area contributed by atoms with Gasteiger partial charge in [0.2, 0.25) is 0 Å². The van der Waals surface area contributed by atoms with Crippen LogP contribution in [0.4, 0.5) is 0 Å². The molecule has 1 aliphatic rings. The molecule has 3 heterocycles. The molecule has 0 spiro atoms. The van der Waals surface area contributed by atoms with Gasteiger partial charge in [-0.05, 0) is 48.7 Å². The molecule has 1 aliphatic heterocycles. The van der Waals surface area contributed by atoms with Gasteiger partial charge in [0.05, 0.1) is 40.3 Å². The van der Waals surface area contributed by atoms with Crippen LogP contribution in [0, 0.1) is 12.8 Å². The summed E-state index contributed by atoms with van der Waals surface area (Å²) in [7, 11) is 0. The Morgan fingerprint density at radius 2 is 1.46 bits per heavy atom. The first-order valence-corrected chi connectivity index (χ1v) is 16.4. The number of imidazole rings is 1. The number of carbonyl (C=O) groups is 2. The van der Waals surface area contributed by atoms with Gasteiger partial charge in [0.1, 0.15) is 11.6 Å². The van der Waals surface area contributed by atoms with Crippen LogP contribution in [-0.2, 0) is 13.0 Å². The van der Waals surface area contributed by atoms with Gasteiger partial charge in [-0.1, -0.05) is 97.7 Å². The Morgan fingerprint density at radius 3 is 2.12 bits per heavy atom. The number of carbonyl (C=O) groups excluding carboxylic acids is 2. The maximum atomic E-state index is 14.2. The molecule has 2 aromatic heterocycles. The highest BCUT2D eigenvalue weighted by Crippen LogP contribution is 2.33. The number of amides is 2. The van der Waals surface area contributed by atoms with Crippen molar-refractivity contribution in [2.45, 2.75) is 39.8 Å². The van der Waals surface area contributed by atoms with E-state index in [4.69, 9.17) is 21.6 Å². The molecule has 240 valence electrons. The average Bonchev–Trinajstić information content (AvgIpc) is 3.60. The number of imide groups is 1. The summed E-state index contributed by atoms with van der Waals surface area (Å²) in [6.45, 7) is 6.76. The van der Waals surface area contributed by atoms with Gasteiger partial charge >= 0.3 is 0 Å². The monoisotopic (exact) mass is 655 g/mol. The lowest BCUT2D eigenvalue weighted by Gasteiger charge is -2.27. The predicted molar refractivity (Wildman–Crippen MR) is 187 cm³/mol. The zero-order chi connectivity index (χ0) is 33.5. The van der Waals surface area contributed by atoms with E-state index in [-0.39, 0.29) is 29.8 Å². The number of rotatable bonds is 9. The van der Waals surface area contributed by atoms with Crippen molar-refractivity contribution in [3.8, 4) is 11.4 Å². The Bertz CT molecular complexity index is 2200. The van der Waals surface area contributed by atoms with E-state index in [1.807, 2.05) is 67.7 Å². The van der Waals surface area contributed by atoms with Crippen molar-refractivity contribution in [3.63, 3.8) is 0 Å². The van der Waals surface area contributed by atoms with E-state index in [2.05, 4.69) is 18.4 Å². The highest BCUT2D eigenvalue weighted by atomic mass is 35.5. The standard InChI is InChI=1S/C39H34ClN5O3/c1-24(2)34(36-42-33-21-28(40)17-18-32(33)39(48)45(36)22-26-9-5-4-6-10-26)44-23-29(41-35(44)27-15-13-25(3)14-16-27)19-20-43-37(46)30-11-7-8-12-31(30)38(43)47/h4-18,21,23-24,34H,19-20,22H2,1-3H3. The van der Waals surface area contributed by atoms with Crippen molar-refractivity contribution in [1.82, 2.24) is 24.0 Å². The van der Waals surface area contributed by atoms with Crippen LogP contribution in [0.1, 0.15) is 63.3 Å². The van der Waals surface area contributed by atoms with Crippen molar-refractivity contribution in [2.75, 3.05) is 6.54 Å². The third-order valence-corrected chi connectivity index (χ3v) is 9.12. The summed E-state index contributed by atoms with van der Waals surface area (Å²) in [6, 6.07) is 29.7. The summed E-state index contributed by atoms with van der Waals surface area (Å²) in [4.78, 5) is 52.0. The minimum absolute atomic E-state index is 0.0157. The molecule has 0 fully saturated rings. The van der Waals surface area contributed by atoms with Gasteiger partial charge in [-0.3, -0.25) is 23.9 Å². The number of fused-ring (bicyclic) bond motifs is 2. The number of nitrogens with zero attached hydrogens (tertiary/aromatic N) is 5. The number of benzene rings is 4. The lowest BCUT2D eigenvalue weighted by atomic mass is 10.0. The lowest BCUT2D eigenvalue weighted by molar-refractivity contribution is 0.0656. The molecule has 0 saturated carbocycles. The van der Waals surface area contributed by atoms with E-state index >= 15 is 0 Å². The molecule has 9 heteroatoms. The maximum absolute atomic E-state index is 14.2. The SMILES string of the molecule is Cc1ccc(-c2nc(CCN3C(=O)c4ccccc4C3=O)cn2C(c2nc3cc(Cl)ccc3c(=O)n2Cc2ccccc2)C(C)C)cc1. The van der Waals surface area contributed by atoms with Crippen molar-refractivity contribution in [1.29, 1.82) is 0 Å². The smallest absolute Gasteiger partial charge is 0.261 e. The Balaban J connectivity index is 1.35. The van der Waals surface area contributed by atoms with E-state index in [0.29, 0.717) is 57.4 Å². The zero-order valence-electron chi connectivity index (χ0n) is 26.9. The van der Waals surface area contributed by atoms with E-state index in [9.17, 15) is 14.4 Å². The van der Waals surface area contributed by atoms with E-state index < -0.39 is 6.04 Å². The zero-order valence-corrected chi connectivity index (χ0v) is 27.7. The summed E-state index contributed by atoms with van der Waals surface area (Å²) in [5, 5.41) is 0.994. The quantitative estimate of drug-likeness (QED) is 0.152. The number of hydrogen-bond acceptors (Lipinski definition) is 5. The maximum Gasteiger partial charge on any atom is 0.261 e. The Morgan fingerprint density at radius 1 is 0.792 bits per heavy atom. The van der Waals surface area contributed by atoms with Gasteiger partial charge < -0.3 is 4.57 Å². The van der Waals surface area contributed by atoms with Gasteiger partial charge in [0.15, 0.2) is 0 Å². The fourth-order valence-corrected chi connectivity index (χ4v) is 6.63. The molecule has 0 radical (unpaired) electrons. The van der Waals surface area contributed by atoms with Crippen LogP contribution in [0.15, 0.2) is 108 Å². The van der Waals surface area contributed by atoms with Crippen LogP contribution in [-0.4, -0.2) is 42.4 Å². The summed E-state index contributed by atoms with van der Waals surface area (Å²) < 4.78 is 3.85. The molecular weight excluding hydrogens is 622 g/mol. The summed E-state index contributed by atoms with van der Waals surface area (Å²) in [5.41, 5.74) is 4.94. The Hall–Kier alpha value is -5.34. The Labute approximate surface area is 283 Å². The number of hydrogen-bond donors (Lipinski definition) is 0. The summed E-state index contributed by atoms with van der Waals surface area (Å²) in [5.74, 6) is 0.692. The minimum Gasteiger partial charge on any atom is -0.320 e. The topological polar surface area (TPSA) is 90.1 Å². The van der Waals surface area contributed by atoms with E-state index in [1.54, 1.807) is 47.0 Å². The van der Waals surface area contributed by atoms with Crippen LogP contribution < -0.4 is 5.56 Å². The van der Waals surface area contributed by atoms with Gasteiger partial charge in [-0.2, -0.15) is 0 Å². The minimum atomic E-state index is -0.401. The average molecular weight is 656 g/mol. The second kappa shape index (κ2) is 12.7. The van der Waals surface area contributed by atoms with Crippen molar-refractivity contribution in [3.05, 3.63) is 152 Å². The first-order chi connectivity index (χ1) is 23.2. The number of aryl methyl sites for hydroxylation is 1. The first kappa shape index (κ1) is 31.3. The molecule has 48 heavy (non-hydrogen) atoms. The number of halogens is 1. The summed E-state index contributed by atoms with van der Waals surface area (Å²) >= 11 is 6.40. The van der Waals surface area contributed by atoms with Crippen molar-refractivity contribution in [2.24, 2.45) is 5.92 Å². The predicted octanol–water partition coefficient (Wildman–Crippen LogP) is 7.35. The first-order valence-electron chi connectivity index (χ1n) is 16.0. The molecule has 4 aromatic carbocycles. The fourth-order valence-electron chi connectivity index (χ4n) is 6.46. The summed E-state index contributed by atoms with van der Waals surface area (Å²) in [6.07, 6.45) is 2.33. The molecule has 8 nitrogen and oxygen atoms in total. The normalized spacial score (nSPS) is 13.5. The Kier molecular flexibility index (Phi) is 8.27. The molecular formula is C39H34ClN5O3. The molecule has 7 rings (SSSR count). The molecule has 6 aromatic rings. The molecule has 0 N–H and O–H groups in total. The van der Waals surface area contributed by atoms with E-state index in [1.165, 1.54) is 4.90 Å². The van der Waals surface area contributed by atoms with Crippen molar-refractivity contribution >= 4 is 34.3 Å². The highest BCUT2D eigenvalue weighted by molar-refractivity contribution is 6.31. The second-order valence-corrected chi connectivity index (χ2v) is 13.0. The third-order valence-electron chi connectivity index (χ3n) is 8.89. The van der Waals surface area contributed by atoms with Crippen LogP contribution >= 0.6 is 11.6 Å². The largest absolute Gasteiger partial charge is 0.320 e. The van der Waals surface area contributed by atoms with E-state index in [0.717, 1.165) is 16.7 Å². The van der Waals surface area contributed by atoms with Crippen LogP contribution in [0.2, 0.25) is 5.02 Å². The second-order valence-electron chi connectivity index (χ2n) is 12.6. The van der Waals surface area contributed by atoms with Crippen LogP contribution in [0.5, 0.6) is 0 Å². The van der Waals surface area contributed by atoms with Gasteiger partial charge in [0, 0.05) is 29.7 Å². The number of aromatic nitrogens is 4. The fraction of sp³-hybridized carbons (Fsp3) is 0.205. The molecule has 0 aliphatic carbocycles. The molecule has 1 unspecified atom stereocenters. The van der Waals surface area contributed by atoms with Gasteiger partial charge in [0.25, 0.3) is 17.4 Å². The molecule has 2 amide bonds. The lowest BCUT2D eigenvalue weighted by Crippen LogP contribution is -2.32. The molecule has 1 atom stereocenters.